The molecule has 5 aromatic rings. The molecule has 2 amide bonds. The summed E-state index contributed by atoms with van der Waals surface area (Å²) in [5.41, 5.74) is 8.74. The second-order valence-corrected chi connectivity index (χ2v) is 10.2. The van der Waals surface area contributed by atoms with Crippen molar-refractivity contribution < 1.29 is 18.7 Å². The molecule has 9 heteroatoms. The van der Waals surface area contributed by atoms with Crippen LogP contribution < -0.4 is 21.2 Å². The molecule has 3 N–H and O–H groups in total. The zero-order valence-electron chi connectivity index (χ0n) is 21.0. The van der Waals surface area contributed by atoms with Crippen LogP contribution in [0.3, 0.4) is 0 Å². The number of nitrogens with two attached hydrogens (primary N) is 1. The highest BCUT2D eigenvalue weighted by Gasteiger charge is 2.26. The number of carbonyl (C=O) groups excluding carboxylic acids is 2. The number of hydrogen-bond donors (Lipinski definition) is 2. The van der Waals surface area contributed by atoms with E-state index < -0.39 is 23.3 Å². The van der Waals surface area contributed by atoms with Gasteiger partial charge in [0.25, 0.3) is 11.8 Å². The van der Waals surface area contributed by atoms with E-state index in [0.717, 1.165) is 11.1 Å². The summed E-state index contributed by atoms with van der Waals surface area (Å²) in [5, 5.41) is 5.44. The Kier molecular flexibility index (Phi) is 7.24. The lowest BCUT2D eigenvalue weighted by atomic mass is 10.0. The molecule has 0 radical (unpaired) electrons. The first-order chi connectivity index (χ1) is 18.7. The van der Waals surface area contributed by atoms with Gasteiger partial charge in [-0.1, -0.05) is 65.7 Å². The molecule has 2 aromatic heterocycles. The Hall–Kier alpha value is -4.40. The second kappa shape index (κ2) is 10.8. The van der Waals surface area contributed by atoms with E-state index >= 15 is 0 Å². The highest BCUT2D eigenvalue weighted by atomic mass is 35.5. The molecule has 1 atom stereocenters. The van der Waals surface area contributed by atoms with E-state index in [1.54, 1.807) is 53.9 Å². The molecular formula is C30H23ClN2O5S. The molecule has 0 aliphatic carbocycles. The number of amides is 2. The predicted octanol–water partition coefficient (Wildman–Crippen LogP) is 6.66. The third-order valence-corrected chi connectivity index (χ3v) is 7.40. The molecule has 0 spiro atoms. The van der Waals surface area contributed by atoms with Crippen molar-refractivity contribution in [1.82, 2.24) is 0 Å². The van der Waals surface area contributed by atoms with E-state index in [2.05, 4.69) is 5.32 Å². The van der Waals surface area contributed by atoms with Crippen LogP contribution in [0.1, 0.15) is 22.8 Å². The number of primary amides is 1. The van der Waals surface area contributed by atoms with Crippen molar-refractivity contribution >= 4 is 50.7 Å². The summed E-state index contributed by atoms with van der Waals surface area (Å²) in [4.78, 5) is 39.1. The molecule has 0 aliphatic heterocycles. The predicted molar refractivity (Wildman–Crippen MR) is 155 cm³/mol. The molecule has 196 valence electrons. The fraction of sp³-hybridized carbons (Fsp3) is 0.100. The highest BCUT2D eigenvalue weighted by Crippen LogP contribution is 2.37. The Bertz CT molecular complexity index is 1780. The number of aryl methyl sites for hydroxylation is 1. The minimum absolute atomic E-state index is 0.111. The second-order valence-electron chi connectivity index (χ2n) is 8.90. The Labute approximate surface area is 232 Å². The van der Waals surface area contributed by atoms with Crippen LogP contribution in [0.25, 0.3) is 33.4 Å². The van der Waals surface area contributed by atoms with Gasteiger partial charge in [0.15, 0.2) is 11.9 Å². The van der Waals surface area contributed by atoms with Gasteiger partial charge in [-0.3, -0.25) is 14.4 Å². The molecule has 0 saturated carbocycles. The summed E-state index contributed by atoms with van der Waals surface area (Å²) in [6, 6.07) is 21.3. The SMILES string of the molecule is Cc1ccc(-c2csc(NC(=O)C(C)Oc3c(-c4ccccc4Cl)oc4ccccc4c3=O)c2C(N)=O)cc1. The van der Waals surface area contributed by atoms with Gasteiger partial charge in [-0.2, -0.15) is 0 Å². The summed E-state index contributed by atoms with van der Waals surface area (Å²) in [6.07, 6.45) is -1.14. The van der Waals surface area contributed by atoms with Gasteiger partial charge in [-0.25, -0.2) is 0 Å². The lowest BCUT2D eigenvalue weighted by Crippen LogP contribution is -2.32. The van der Waals surface area contributed by atoms with Crippen molar-refractivity contribution in [3.05, 3.63) is 105 Å². The van der Waals surface area contributed by atoms with Gasteiger partial charge in [0.1, 0.15) is 10.6 Å². The Morgan fingerprint density at radius 2 is 1.69 bits per heavy atom. The fourth-order valence-corrected chi connectivity index (χ4v) is 5.34. The van der Waals surface area contributed by atoms with Crippen LogP contribution >= 0.6 is 22.9 Å². The third kappa shape index (κ3) is 5.16. The fourth-order valence-electron chi connectivity index (χ4n) is 4.14. The van der Waals surface area contributed by atoms with E-state index in [9.17, 15) is 14.4 Å². The van der Waals surface area contributed by atoms with Gasteiger partial charge in [-0.05, 0) is 43.7 Å². The van der Waals surface area contributed by atoms with Crippen molar-refractivity contribution in [2.75, 3.05) is 5.32 Å². The Morgan fingerprint density at radius 1 is 1.00 bits per heavy atom. The van der Waals surface area contributed by atoms with Gasteiger partial charge in [0.2, 0.25) is 11.2 Å². The van der Waals surface area contributed by atoms with Crippen molar-refractivity contribution in [1.29, 1.82) is 0 Å². The number of ether oxygens (including phenoxy) is 1. The lowest BCUT2D eigenvalue weighted by Gasteiger charge is -2.17. The van der Waals surface area contributed by atoms with Crippen LogP contribution in [0.4, 0.5) is 5.00 Å². The largest absolute Gasteiger partial charge is 0.473 e. The molecule has 39 heavy (non-hydrogen) atoms. The minimum Gasteiger partial charge on any atom is -0.473 e. The summed E-state index contributed by atoms with van der Waals surface area (Å²) < 4.78 is 12.0. The summed E-state index contributed by atoms with van der Waals surface area (Å²) in [5.74, 6) is -1.29. The first-order valence-corrected chi connectivity index (χ1v) is 13.3. The molecule has 3 aromatic carbocycles. The van der Waals surface area contributed by atoms with Crippen LogP contribution in [-0.4, -0.2) is 17.9 Å². The van der Waals surface area contributed by atoms with E-state index in [0.29, 0.717) is 27.1 Å². The Balaban J connectivity index is 1.49. The standard InChI is InChI=1S/C30H23ClN2O5S/c1-16-11-13-18(14-12-16)21-15-39-30(24(21)28(32)35)33-29(36)17(2)37-27-25(34)20-8-4-6-10-23(20)38-26(27)19-7-3-5-9-22(19)31/h3-15,17H,1-2H3,(H2,32,35)(H,33,36). The zero-order valence-corrected chi connectivity index (χ0v) is 22.6. The van der Waals surface area contributed by atoms with Crippen molar-refractivity contribution in [3.63, 3.8) is 0 Å². The molecule has 0 fully saturated rings. The number of carbonyl (C=O) groups is 2. The number of fused-ring (bicyclic) bond motifs is 1. The van der Waals surface area contributed by atoms with Crippen LogP contribution in [0, 0.1) is 6.92 Å². The van der Waals surface area contributed by atoms with E-state index in [-0.39, 0.29) is 22.1 Å². The lowest BCUT2D eigenvalue weighted by molar-refractivity contribution is -0.122. The average Bonchev–Trinajstić information content (AvgIpc) is 3.34. The average molecular weight is 559 g/mol. The van der Waals surface area contributed by atoms with Crippen molar-refractivity contribution in [3.8, 4) is 28.2 Å². The smallest absolute Gasteiger partial charge is 0.265 e. The molecule has 0 aliphatic rings. The molecule has 5 rings (SSSR count). The molecule has 2 heterocycles. The number of thiophene rings is 1. The number of halogens is 1. The number of anilines is 1. The maximum Gasteiger partial charge on any atom is 0.265 e. The monoisotopic (exact) mass is 558 g/mol. The summed E-state index contributed by atoms with van der Waals surface area (Å²) in [7, 11) is 0. The van der Waals surface area contributed by atoms with Gasteiger partial charge in [0.05, 0.1) is 16.0 Å². The normalized spacial score (nSPS) is 11.8. The summed E-state index contributed by atoms with van der Waals surface area (Å²) in [6.45, 7) is 3.46. The quantitative estimate of drug-likeness (QED) is 0.232. The number of rotatable bonds is 7. The number of para-hydroxylation sites is 1. The van der Waals surface area contributed by atoms with E-state index in [1.165, 1.54) is 18.3 Å². The molecular weight excluding hydrogens is 536 g/mol. The molecule has 0 saturated heterocycles. The van der Waals surface area contributed by atoms with Crippen LogP contribution in [0.5, 0.6) is 5.75 Å². The van der Waals surface area contributed by atoms with Gasteiger partial charge < -0.3 is 20.2 Å². The van der Waals surface area contributed by atoms with Gasteiger partial charge >= 0.3 is 0 Å². The maximum atomic E-state index is 13.5. The first-order valence-electron chi connectivity index (χ1n) is 12.0. The highest BCUT2D eigenvalue weighted by molar-refractivity contribution is 7.15. The number of nitrogens with one attached hydrogen (secondary N) is 1. The maximum absolute atomic E-state index is 13.5. The molecule has 1 unspecified atom stereocenters. The van der Waals surface area contributed by atoms with Crippen LogP contribution in [0.15, 0.2) is 87.4 Å². The van der Waals surface area contributed by atoms with Crippen LogP contribution in [-0.2, 0) is 4.79 Å². The topological polar surface area (TPSA) is 112 Å². The first kappa shape index (κ1) is 26.2. The third-order valence-electron chi connectivity index (χ3n) is 6.18. The number of hydrogen-bond acceptors (Lipinski definition) is 6. The van der Waals surface area contributed by atoms with E-state index in [1.807, 2.05) is 31.2 Å². The van der Waals surface area contributed by atoms with Crippen molar-refractivity contribution in [2.24, 2.45) is 5.73 Å². The minimum atomic E-state index is -1.14. The van der Waals surface area contributed by atoms with E-state index in [4.69, 9.17) is 26.5 Å². The Morgan fingerprint density at radius 3 is 2.41 bits per heavy atom. The van der Waals surface area contributed by atoms with Crippen LogP contribution in [0.2, 0.25) is 5.02 Å². The van der Waals surface area contributed by atoms with Crippen molar-refractivity contribution in [2.45, 2.75) is 20.0 Å². The molecule has 7 nitrogen and oxygen atoms in total. The van der Waals surface area contributed by atoms with Gasteiger partial charge in [-0.15, -0.1) is 11.3 Å². The number of benzene rings is 3. The summed E-state index contributed by atoms with van der Waals surface area (Å²) >= 11 is 7.59. The molecule has 0 bridgehead atoms. The zero-order chi connectivity index (χ0) is 27.7. The van der Waals surface area contributed by atoms with Gasteiger partial charge in [0, 0.05) is 16.5 Å².